The molecule has 0 N–H and O–H groups in total. The van der Waals surface area contributed by atoms with E-state index < -0.39 is 0 Å². The van der Waals surface area contributed by atoms with E-state index in [1.165, 1.54) is 30.8 Å². The predicted molar refractivity (Wildman–Crippen MR) is 67.3 cm³/mol. The van der Waals surface area contributed by atoms with Crippen molar-refractivity contribution in [1.82, 2.24) is 14.5 Å². The van der Waals surface area contributed by atoms with Crippen LogP contribution in [0.2, 0.25) is 4.34 Å². The highest BCUT2D eigenvalue weighted by molar-refractivity contribution is 7.10. The fourth-order valence-electron chi connectivity index (χ4n) is 2.33. The Kier molecular flexibility index (Phi) is 3.61. The lowest BCUT2D eigenvalue weighted by atomic mass is 10.1. The first-order valence-corrected chi connectivity index (χ1v) is 7.26. The molecule has 4 nitrogen and oxygen atoms in total. The smallest absolute Gasteiger partial charge is 0.138 e. The van der Waals surface area contributed by atoms with Crippen molar-refractivity contribution in [1.29, 1.82) is 0 Å². The maximum atomic E-state index is 6.07. The molecule has 0 bridgehead atoms. The van der Waals surface area contributed by atoms with Gasteiger partial charge in [0, 0.05) is 37.3 Å². The quantitative estimate of drug-likeness (QED) is 0.824. The van der Waals surface area contributed by atoms with Crippen LogP contribution >= 0.6 is 23.1 Å². The molecule has 3 rings (SSSR count). The minimum absolute atomic E-state index is 0.681. The van der Waals surface area contributed by atoms with Crippen molar-refractivity contribution in [3.8, 4) is 0 Å². The number of nitrogens with zero attached hydrogens (tertiary/aromatic N) is 3. The Balaban J connectivity index is 1.61. The Morgan fingerprint density at radius 1 is 1.41 bits per heavy atom. The first-order valence-electron chi connectivity index (χ1n) is 6.11. The lowest BCUT2D eigenvalue weighted by Crippen LogP contribution is -2.31. The Morgan fingerprint density at radius 3 is 2.88 bits per heavy atom. The molecule has 6 heteroatoms. The summed E-state index contributed by atoms with van der Waals surface area (Å²) in [5, 5.41) is 4.10. The second-order valence-electron chi connectivity index (χ2n) is 4.88. The summed E-state index contributed by atoms with van der Waals surface area (Å²) in [6, 6.07) is 0.730. The lowest BCUT2D eigenvalue weighted by Gasteiger charge is -2.23. The molecule has 1 aromatic rings. The fraction of sp³-hybridized carbons (Fsp3) is 0.818. The summed E-state index contributed by atoms with van der Waals surface area (Å²) in [5.74, 6) is 0.681. The van der Waals surface area contributed by atoms with Crippen molar-refractivity contribution in [2.45, 2.75) is 31.8 Å². The van der Waals surface area contributed by atoms with Crippen molar-refractivity contribution in [3.63, 3.8) is 0 Å². The molecule has 0 spiro atoms. The maximum absolute atomic E-state index is 6.07. The van der Waals surface area contributed by atoms with Crippen molar-refractivity contribution in [2.24, 2.45) is 5.92 Å². The van der Waals surface area contributed by atoms with E-state index in [2.05, 4.69) is 14.5 Å². The third-order valence-corrected chi connectivity index (χ3v) is 4.43. The molecule has 1 aliphatic carbocycles. The zero-order chi connectivity index (χ0) is 11.7. The molecule has 2 aliphatic rings. The van der Waals surface area contributed by atoms with Crippen molar-refractivity contribution in [2.75, 3.05) is 19.8 Å². The summed E-state index contributed by atoms with van der Waals surface area (Å²) in [4.78, 5) is 2.50. The van der Waals surface area contributed by atoms with Gasteiger partial charge in [0.25, 0.3) is 0 Å². The van der Waals surface area contributed by atoms with E-state index in [1.54, 1.807) is 0 Å². The second kappa shape index (κ2) is 5.18. The number of rotatable bonds is 5. The topological polar surface area (TPSA) is 38.2 Å². The van der Waals surface area contributed by atoms with E-state index in [1.807, 2.05) is 0 Å². The van der Waals surface area contributed by atoms with Gasteiger partial charge in [-0.25, -0.2) is 0 Å². The monoisotopic (exact) mass is 273 g/mol. The zero-order valence-corrected chi connectivity index (χ0v) is 11.2. The van der Waals surface area contributed by atoms with Crippen molar-refractivity contribution < 1.29 is 4.74 Å². The van der Waals surface area contributed by atoms with Crippen LogP contribution in [0, 0.1) is 5.92 Å². The number of hydrogen-bond donors (Lipinski definition) is 0. The predicted octanol–water partition coefficient (Wildman–Crippen LogP) is 2.19. The molecule has 1 aromatic heterocycles. The van der Waals surface area contributed by atoms with Gasteiger partial charge in [0.05, 0.1) is 6.61 Å². The highest BCUT2D eigenvalue weighted by Crippen LogP contribution is 2.31. The Hall–Kier alpha value is -0.230. The molecule has 1 saturated heterocycles. The Morgan fingerprint density at radius 2 is 2.29 bits per heavy atom. The largest absolute Gasteiger partial charge is 0.381 e. The number of hydrogen-bond acceptors (Lipinski definition) is 5. The van der Waals surface area contributed by atoms with Crippen LogP contribution in [0.25, 0.3) is 0 Å². The molecule has 0 radical (unpaired) electrons. The lowest BCUT2D eigenvalue weighted by molar-refractivity contribution is 0.161. The Labute approximate surface area is 110 Å². The summed E-state index contributed by atoms with van der Waals surface area (Å²) in [7, 11) is 0. The molecular weight excluding hydrogens is 258 g/mol. The third-order valence-electron chi connectivity index (χ3n) is 3.44. The summed E-state index contributed by atoms with van der Waals surface area (Å²) in [5.41, 5.74) is 0.933. The van der Waals surface area contributed by atoms with Crippen LogP contribution in [-0.4, -0.2) is 40.3 Å². The van der Waals surface area contributed by atoms with Crippen molar-refractivity contribution in [3.05, 3.63) is 10.0 Å². The normalized spacial score (nSPS) is 24.7. The molecule has 1 aliphatic heterocycles. The molecule has 2 fully saturated rings. The number of ether oxygens (including phenoxy) is 1. The standard InChI is InChI=1S/C11H16ClN3OS/c12-11-10(13-14-17-11)6-15(9-1-2-9)5-8-3-4-16-7-8/h8-9H,1-7H2/t8-/m1/s1. The van der Waals surface area contributed by atoms with Crippen LogP contribution in [0.5, 0.6) is 0 Å². The average Bonchev–Trinajstić information content (AvgIpc) is 2.91. The fourth-order valence-corrected chi connectivity index (χ4v) is 2.94. The summed E-state index contributed by atoms with van der Waals surface area (Å²) in [6.45, 7) is 3.78. The molecular formula is C11H16ClN3OS. The zero-order valence-electron chi connectivity index (χ0n) is 9.64. The highest BCUT2D eigenvalue weighted by atomic mass is 35.5. The first kappa shape index (κ1) is 11.8. The van der Waals surface area contributed by atoms with E-state index in [0.717, 1.165) is 42.4 Å². The van der Waals surface area contributed by atoms with Crippen LogP contribution in [0.15, 0.2) is 0 Å². The summed E-state index contributed by atoms with van der Waals surface area (Å²) >= 11 is 7.34. The van der Waals surface area contributed by atoms with Crippen LogP contribution in [0.3, 0.4) is 0 Å². The average molecular weight is 274 g/mol. The van der Waals surface area contributed by atoms with Crippen LogP contribution in [0.1, 0.15) is 25.0 Å². The first-order chi connectivity index (χ1) is 8.33. The molecule has 0 aromatic carbocycles. The number of aromatic nitrogens is 2. The second-order valence-corrected chi connectivity index (χ2v) is 6.24. The van der Waals surface area contributed by atoms with E-state index in [4.69, 9.17) is 16.3 Å². The summed E-state index contributed by atoms with van der Waals surface area (Å²) < 4.78 is 10.1. The minimum Gasteiger partial charge on any atom is -0.381 e. The van der Waals surface area contributed by atoms with Crippen molar-refractivity contribution >= 4 is 23.1 Å². The van der Waals surface area contributed by atoms with Gasteiger partial charge in [-0.2, -0.15) is 0 Å². The van der Waals surface area contributed by atoms with Gasteiger partial charge in [-0.1, -0.05) is 16.1 Å². The molecule has 0 amide bonds. The highest BCUT2D eigenvalue weighted by Gasteiger charge is 2.32. The molecule has 0 unspecified atom stereocenters. The maximum Gasteiger partial charge on any atom is 0.138 e. The third kappa shape index (κ3) is 2.96. The minimum atomic E-state index is 0.681. The van der Waals surface area contributed by atoms with Gasteiger partial charge < -0.3 is 4.74 Å². The van der Waals surface area contributed by atoms with E-state index in [0.29, 0.717) is 5.92 Å². The van der Waals surface area contributed by atoms with Crippen LogP contribution in [-0.2, 0) is 11.3 Å². The van der Waals surface area contributed by atoms with E-state index in [-0.39, 0.29) is 0 Å². The van der Waals surface area contributed by atoms with Crippen LogP contribution < -0.4 is 0 Å². The molecule has 94 valence electrons. The van der Waals surface area contributed by atoms with E-state index >= 15 is 0 Å². The molecule has 1 atom stereocenters. The molecule has 17 heavy (non-hydrogen) atoms. The van der Waals surface area contributed by atoms with Gasteiger partial charge in [-0.15, -0.1) is 5.10 Å². The van der Waals surface area contributed by atoms with Gasteiger partial charge in [-0.05, 0) is 25.2 Å². The number of halogens is 1. The summed E-state index contributed by atoms with van der Waals surface area (Å²) in [6.07, 6.45) is 3.80. The van der Waals surface area contributed by atoms with Crippen LogP contribution in [0.4, 0.5) is 0 Å². The van der Waals surface area contributed by atoms with Gasteiger partial charge >= 0.3 is 0 Å². The van der Waals surface area contributed by atoms with Gasteiger partial charge in [-0.3, -0.25) is 4.90 Å². The molecule has 1 saturated carbocycles. The van der Waals surface area contributed by atoms with Gasteiger partial charge in [0.1, 0.15) is 10.0 Å². The van der Waals surface area contributed by atoms with Gasteiger partial charge in [0.2, 0.25) is 0 Å². The molecule has 2 heterocycles. The SMILES string of the molecule is Clc1snnc1CN(C[C@H]1CCOC1)C1CC1. The van der Waals surface area contributed by atoms with E-state index in [9.17, 15) is 0 Å². The Bertz CT molecular complexity index is 377. The van der Waals surface area contributed by atoms with Gasteiger partial charge in [0.15, 0.2) is 0 Å².